The van der Waals surface area contributed by atoms with E-state index in [0.717, 1.165) is 22.2 Å². The number of H-pyrrole nitrogens is 1. The maximum absolute atomic E-state index is 11.6. The van der Waals surface area contributed by atoms with Crippen LogP contribution in [0, 0.1) is 13.8 Å². The molecule has 0 aliphatic carbocycles. The topological polar surface area (TPSA) is 100 Å². The van der Waals surface area contributed by atoms with Gasteiger partial charge in [-0.3, -0.25) is 9.59 Å². The molecule has 22 heavy (non-hydrogen) atoms. The Kier molecular flexibility index (Phi) is 6.39. The first kappa shape index (κ1) is 18.0. The van der Waals surface area contributed by atoms with E-state index >= 15 is 0 Å². The number of amides is 2. The number of hydrogen-bond acceptors (Lipinski definition) is 3. The summed E-state index contributed by atoms with van der Waals surface area (Å²) in [5.41, 5.74) is 9.62. The zero-order valence-electron chi connectivity index (χ0n) is 12.7. The van der Waals surface area contributed by atoms with Gasteiger partial charge in [0.2, 0.25) is 11.8 Å². The van der Waals surface area contributed by atoms with E-state index in [2.05, 4.69) is 28.6 Å². The molecule has 7 heteroatoms. The molecular weight excluding hydrogens is 304 g/mol. The molecule has 0 saturated carbocycles. The minimum atomic E-state index is -0.343. The summed E-state index contributed by atoms with van der Waals surface area (Å²) in [6.07, 6.45) is 0. The Morgan fingerprint density at radius 2 is 1.91 bits per heavy atom. The van der Waals surface area contributed by atoms with Gasteiger partial charge in [0.1, 0.15) is 0 Å². The molecule has 0 saturated heterocycles. The molecule has 2 amide bonds. The summed E-state index contributed by atoms with van der Waals surface area (Å²) in [5, 5.41) is 6.36. The number of fused-ring (bicyclic) bond motifs is 1. The van der Waals surface area contributed by atoms with E-state index < -0.39 is 0 Å². The molecule has 6 nitrogen and oxygen atoms in total. The van der Waals surface area contributed by atoms with E-state index in [0.29, 0.717) is 6.54 Å². The number of aromatic amines is 1. The van der Waals surface area contributed by atoms with Gasteiger partial charge in [-0.15, -0.1) is 12.4 Å². The first-order valence-electron chi connectivity index (χ1n) is 6.82. The van der Waals surface area contributed by atoms with Crippen molar-refractivity contribution in [2.24, 2.45) is 5.73 Å². The monoisotopic (exact) mass is 324 g/mol. The third kappa shape index (κ3) is 4.22. The van der Waals surface area contributed by atoms with Crippen molar-refractivity contribution < 1.29 is 9.59 Å². The van der Waals surface area contributed by atoms with Crippen LogP contribution in [0.3, 0.4) is 0 Å². The summed E-state index contributed by atoms with van der Waals surface area (Å²) < 4.78 is 0. The first-order valence-corrected chi connectivity index (χ1v) is 6.82. The van der Waals surface area contributed by atoms with Crippen molar-refractivity contribution in [3.63, 3.8) is 0 Å². The lowest BCUT2D eigenvalue weighted by Gasteiger charge is -2.07. The standard InChI is InChI=1S/C15H20N4O2.ClH/c1-9-10(2)19-13-4-3-11(5-12(9)13)7-17-15(21)8-18-14(20)6-16;/h3-5,19H,6-8,16H2,1-2H3,(H,17,21)(H,18,20);1H. The van der Waals surface area contributed by atoms with Crippen molar-refractivity contribution in [3.05, 3.63) is 35.0 Å². The van der Waals surface area contributed by atoms with Crippen LogP contribution in [0.15, 0.2) is 18.2 Å². The molecule has 0 aliphatic rings. The van der Waals surface area contributed by atoms with Gasteiger partial charge in [-0.25, -0.2) is 0 Å². The molecule has 1 aromatic heterocycles. The van der Waals surface area contributed by atoms with E-state index in [4.69, 9.17) is 5.73 Å². The van der Waals surface area contributed by atoms with Gasteiger partial charge in [0, 0.05) is 23.1 Å². The van der Waals surface area contributed by atoms with Crippen LogP contribution in [-0.2, 0) is 16.1 Å². The lowest BCUT2D eigenvalue weighted by atomic mass is 10.1. The van der Waals surface area contributed by atoms with Gasteiger partial charge < -0.3 is 21.4 Å². The third-order valence-corrected chi connectivity index (χ3v) is 3.49. The summed E-state index contributed by atoms with van der Waals surface area (Å²) in [7, 11) is 0. The van der Waals surface area contributed by atoms with Gasteiger partial charge in [-0.2, -0.15) is 0 Å². The number of nitrogens with one attached hydrogen (secondary N) is 3. The summed E-state index contributed by atoms with van der Waals surface area (Å²) in [5.74, 6) is -0.580. The number of nitrogens with two attached hydrogens (primary N) is 1. The van der Waals surface area contributed by atoms with Crippen molar-refractivity contribution in [3.8, 4) is 0 Å². The highest BCUT2D eigenvalue weighted by atomic mass is 35.5. The molecule has 1 heterocycles. The molecule has 0 aliphatic heterocycles. The minimum absolute atomic E-state index is 0. The predicted octanol–water partition coefficient (Wildman–Crippen LogP) is 0.898. The summed E-state index contributed by atoms with van der Waals surface area (Å²) in [6.45, 7) is 4.36. The van der Waals surface area contributed by atoms with Crippen molar-refractivity contribution >= 4 is 35.1 Å². The van der Waals surface area contributed by atoms with E-state index in [-0.39, 0.29) is 37.3 Å². The fourth-order valence-corrected chi connectivity index (χ4v) is 2.13. The second-order valence-electron chi connectivity index (χ2n) is 5.01. The van der Waals surface area contributed by atoms with Crippen LogP contribution in [0.1, 0.15) is 16.8 Å². The number of hydrogen-bond donors (Lipinski definition) is 4. The highest BCUT2D eigenvalue weighted by Gasteiger charge is 2.07. The minimum Gasteiger partial charge on any atom is -0.358 e. The number of halogens is 1. The fourth-order valence-electron chi connectivity index (χ4n) is 2.13. The Hall–Kier alpha value is -2.05. The SMILES string of the molecule is Cc1[nH]c2ccc(CNC(=O)CNC(=O)CN)cc2c1C.Cl. The predicted molar refractivity (Wildman–Crippen MR) is 88.9 cm³/mol. The van der Waals surface area contributed by atoms with Crippen molar-refractivity contribution in [1.29, 1.82) is 0 Å². The Labute approximate surface area is 135 Å². The van der Waals surface area contributed by atoms with Gasteiger partial charge >= 0.3 is 0 Å². The smallest absolute Gasteiger partial charge is 0.239 e. The average molecular weight is 325 g/mol. The first-order chi connectivity index (χ1) is 10.0. The molecule has 1 aromatic carbocycles. The molecule has 5 N–H and O–H groups in total. The van der Waals surface area contributed by atoms with Crippen LogP contribution in [0.5, 0.6) is 0 Å². The van der Waals surface area contributed by atoms with Crippen molar-refractivity contribution in [1.82, 2.24) is 15.6 Å². The normalized spacial score (nSPS) is 10.1. The molecule has 0 fully saturated rings. The van der Waals surface area contributed by atoms with Crippen LogP contribution in [0.4, 0.5) is 0 Å². The van der Waals surface area contributed by atoms with Crippen LogP contribution < -0.4 is 16.4 Å². The molecule has 2 aromatic rings. The Balaban J connectivity index is 0.00000242. The molecule has 0 spiro atoms. The van der Waals surface area contributed by atoms with E-state index in [1.165, 1.54) is 5.56 Å². The zero-order chi connectivity index (χ0) is 15.4. The lowest BCUT2D eigenvalue weighted by Crippen LogP contribution is -2.39. The quantitative estimate of drug-likeness (QED) is 0.657. The number of aromatic nitrogens is 1. The summed E-state index contributed by atoms with van der Waals surface area (Å²) in [6, 6.07) is 6.04. The maximum atomic E-state index is 11.6. The van der Waals surface area contributed by atoms with Crippen LogP contribution >= 0.6 is 12.4 Å². The highest BCUT2D eigenvalue weighted by Crippen LogP contribution is 2.22. The maximum Gasteiger partial charge on any atom is 0.239 e. The third-order valence-electron chi connectivity index (χ3n) is 3.49. The van der Waals surface area contributed by atoms with Crippen LogP contribution in [0.25, 0.3) is 10.9 Å². The lowest BCUT2D eigenvalue weighted by molar-refractivity contribution is -0.125. The number of carbonyl (C=O) groups is 2. The Morgan fingerprint density at radius 3 is 2.59 bits per heavy atom. The molecule has 0 atom stereocenters. The van der Waals surface area contributed by atoms with E-state index in [1.54, 1.807) is 0 Å². The molecular formula is C15H21ClN4O2. The highest BCUT2D eigenvalue weighted by molar-refractivity contribution is 5.86. The molecule has 0 radical (unpaired) electrons. The van der Waals surface area contributed by atoms with Gasteiger partial charge in [0.25, 0.3) is 0 Å². The van der Waals surface area contributed by atoms with E-state index in [9.17, 15) is 9.59 Å². The van der Waals surface area contributed by atoms with Crippen LogP contribution in [-0.4, -0.2) is 29.9 Å². The zero-order valence-corrected chi connectivity index (χ0v) is 13.5. The van der Waals surface area contributed by atoms with Crippen molar-refractivity contribution in [2.75, 3.05) is 13.1 Å². The number of carbonyl (C=O) groups excluding carboxylic acids is 2. The molecule has 0 bridgehead atoms. The van der Waals surface area contributed by atoms with Gasteiger partial charge in [0.05, 0.1) is 13.1 Å². The molecule has 0 unspecified atom stereocenters. The summed E-state index contributed by atoms with van der Waals surface area (Å²) in [4.78, 5) is 25.9. The van der Waals surface area contributed by atoms with Gasteiger partial charge in [-0.1, -0.05) is 6.07 Å². The molecule has 120 valence electrons. The number of rotatable bonds is 5. The average Bonchev–Trinajstić information content (AvgIpc) is 2.77. The fraction of sp³-hybridized carbons (Fsp3) is 0.333. The Morgan fingerprint density at radius 1 is 1.18 bits per heavy atom. The second-order valence-corrected chi connectivity index (χ2v) is 5.01. The Bertz CT molecular complexity index is 681. The van der Waals surface area contributed by atoms with Crippen LogP contribution in [0.2, 0.25) is 0 Å². The van der Waals surface area contributed by atoms with Gasteiger partial charge in [0.15, 0.2) is 0 Å². The number of benzene rings is 1. The number of aryl methyl sites for hydroxylation is 2. The summed E-state index contributed by atoms with van der Waals surface area (Å²) >= 11 is 0. The largest absolute Gasteiger partial charge is 0.358 e. The van der Waals surface area contributed by atoms with Crippen molar-refractivity contribution in [2.45, 2.75) is 20.4 Å². The van der Waals surface area contributed by atoms with Gasteiger partial charge in [-0.05, 0) is 37.1 Å². The van der Waals surface area contributed by atoms with E-state index in [1.807, 2.05) is 19.1 Å². The second kappa shape index (κ2) is 7.82. The molecule has 2 rings (SSSR count).